The van der Waals surface area contributed by atoms with Crippen LogP contribution in [0.4, 0.5) is 28.6 Å². The Morgan fingerprint density at radius 2 is 1.48 bits per heavy atom. The lowest BCUT2D eigenvalue weighted by Gasteiger charge is -2.25. The van der Waals surface area contributed by atoms with Crippen molar-refractivity contribution in [2.75, 3.05) is 4.90 Å². The molecule has 0 fully saturated rings. The summed E-state index contributed by atoms with van der Waals surface area (Å²) in [5.41, 5.74) is 7.78. The molecule has 0 N–H and O–H groups in total. The summed E-state index contributed by atoms with van der Waals surface area (Å²) in [5, 5.41) is 10.1. The van der Waals surface area contributed by atoms with Crippen LogP contribution < -0.4 is 4.90 Å². The predicted molar refractivity (Wildman–Crippen MR) is 125 cm³/mol. The number of hydrogen-bond acceptors (Lipinski definition) is 4. The SMILES string of the molecule is Cc1ccc(N2c3ccccc3N=Nc3c2oc2ccccc32)c(-c2ccccc2)c1. The standard InChI is InChI=1S/C27H19N3O/c1-18-15-16-23(21(17-18)19-9-3-2-4-10-19)30-24-13-7-6-12-22(24)28-29-26-20-11-5-8-14-25(20)31-27(26)30/h2-17H,1H3. The van der Waals surface area contributed by atoms with Crippen LogP contribution in [-0.2, 0) is 0 Å². The van der Waals surface area contributed by atoms with E-state index in [1.165, 1.54) is 5.56 Å². The van der Waals surface area contributed by atoms with Crippen LogP contribution in [0.15, 0.2) is 112 Å². The van der Waals surface area contributed by atoms with Gasteiger partial charge in [0.25, 0.3) is 0 Å². The van der Waals surface area contributed by atoms with Crippen LogP contribution in [0.5, 0.6) is 0 Å². The summed E-state index contributed by atoms with van der Waals surface area (Å²) < 4.78 is 6.39. The van der Waals surface area contributed by atoms with Gasteiger partial charge in [-0.15, -0.1) is 10.2 Å². The Morgan fingerprint density at radius 3 is 2.39 bits per heavy atom. The van der Waals surface area contributed by atoms with Crippen LogP contribution in [0.3, 0.4) is 0 Å². The van der Waals surface area contributed by atoms with Crippen molar-refractivity contribution in [2.24, 2.45) is 10.2 Å². The van der Waals surface area contributed by atoms with E-state index in [2.05, 4.69) is 70.6 Å². The lowest BCUT2D eigenvalue weighted by Crippen LogP contribution is -2.10. The third-order valence-electron chi connectivity index (χ3n) is 5.61. The fourth-order valence-corrected chi connectivity index (χ4v) is 4.15. The second-order valence-corrected chi connectivity index (χ2v) is 7.66. The van der Waals surface area contributed by atoms with Gasteiger partial charge in [0, 0.05) is 5.56 Å². The molecule has 31 heavy (non-hydrogen) atoms. The molecule has 2 heterocycles. The summed E-state index contributed by atoms with van der Waals surface area (Å²) in [4.78, 5) is 2.15. The molecule has 0 radical (unpaired) electrons. The molecule has 0 unspecified atom stereocenters. The van der Waals surface area contributed by atoms with Crippen LogP contribution in [0.1, 0.15) is 5.56 Å². The number of rotatable bonds is 2. The van der Waals surface area contributed by atoms with E-state index >= 15 is 0 Å². The van der Waals surface area contributed by atoms with E-state index in [4.69, 9.17) is 4.42 Å². The number of furan rings is 1. The van der Waals surface area contributed by atoms with Crippen LogP contribution in [-0.4, -0.2) is 0 Å². The molecule has 0 spiro atoms. The molecule has 4 nitrogen and oxygen atoms in total. The van der Waals surface area contributed by atoms with E-state index in [0.29, 0.717) is 5.88 Å². The third kappa shape index (κ3) is 2.84. The van der Waals surface area contributed by atoms with Gasteiger partial charge in [0.2, 0.25) is 5.88 Å². The van der Waals surface area contributed by atoms with Gasteiger partial charge in [0.1, 0.15) is 11.3 Å². The fraction of sp³-hybridized carbons (Fsp3) is 0.0370. The van der Waals surface area contributed by atoms with Crippen molar-refractivity contribution in [3.63, 3.8) is 0 Å². The fourth-order valence-electron chi connectivity index (χ4n) is 4.15. The second-order valence-electron chi connectivity index (χ2n) is 7.66. The van der Waals surface area contributed by atoms with Crippen LogP contribution >= 0.6 is 0 Å². The smallest absolute Gasteiger partial charge is 0.233 e. The zero-order valence-corrected chi connectivity index (χ0v) is 17.0. The summed E-state index contributed by atoms with van der Waals surface area (Å²) in [6, 6.07) is 32.9. The number of benzene rings is 4. The van der Waals surface area contributed by atoms with Crippen molar-refractivity contribution in [1.82, 2.24) is 0 Å². The quantitative estimate of drug-likeness (QED) is 0.291. The van der Waals surface area contributed by atoms with Gasteiger partial charge in [-0.2, -0.15) is 0 Å². The van der Waals surface area contributed by atoms with E-state index in [9.17, 15) is 0 Å². The van der Waals surface area contributed by atoms with Gasteiger partial charge in [-0.25, -0.2) is 0 Å². The van der Waals surface area contributed by atoms with Gasteiger partial charge in [0.15, 0.2) is 5.69 Å². The molecule has 0 saturated heterocycles. The van der Waals surface area contributed by atoms with Gasteiger partial charge >= 0.3 is 0 Å². The first-order valence-electron chi connectivity index (χ1n) is 10.3. The van der Waals surface area contributed by atoms with Crippen molar-refractivity contribution < 1.29 is 4.42 Å². The molecule has 4 aromatic carbocycles. The molecule has 1 aliphatic rings. The number of hydrogen-bond donors (Lipinski definition) is 0. The number of fused-ring (bicyclic) bond motifs is 4. The number of nitrogens with zero attached hydrogens (tertiary/aromatic N) is 3. The largest absolute Gasteiger partial charge is 0.437 e. The van der Waals surface area contributed by atoms with Gasteiger partial charge in [0.05, 0.1) is 16.8 Å². The van der Waals surface area contributed by atoms with Crippen molar-refractivity contribution in [3.05, 3.63) is 103 Å². The lowest BCUT2D eigenvalue weighted by molar-refractivity contribution is 0.622. The van der Waals surface area contributed by atoms with Crippen LogP contribution in [0.2, 0.25) is 0 Å². The molecule has 1 aromatic heterocycles. The third-order valence-corrected chi connectivity index (χ3v) is 5.61. The Kier molecular flexibility index (Phi) is 3.96. The average Bonchev–Trinajstić information content (AvgIpc) is 3.10. The highest BCUT2D eigenvalue weighted by molar-refractivity contribution is 6.01. The zero-order valence-electron chi connectivity index (χ0n) is 17.0. The number of anilines is 3. The van der Waals surface area contributed by atoms with E-state index in [1.54, 1.807) is 0 Å². The molecule has 6 rings (SSSR count). The molecule has 4 heteroatoms. The summed E-state index contributed by atoms with van der Waals surface area (Å²) in [7, 11) is 0. The monoisotopic (exact) mass is 401 g/mol. The topological polar surface area (TPSA) is 41.1 Å². The normalized spacial score (nSPS) is 12.5. The van der Waals surface area contributed by atoms with E-state index < -0.39 is 0 Å². The Labute approximate surface area is 180 Å². The number of para-hydroxylation sites is 2. The van der Waals surface area contributed by atoms with Crippen molar-refractivity contribution in [3.8, 4) is 11.1 Å². The maximum Gasteiger partial charge on any atom is 0.233 e. The number of azo groups is 1. The molecule has 5 aromatic rings. The minimum absolute atomic E-state index is 0.677. The molecular formula is C27H19N3O. The highest BCUT2D eigenvalue weighted by Crippen LogP contribution is 2.52. The minimum atomic E-state index is 0.677. The van der Waals surface area contributed by atoms with Gasteiger partial charge in [-0.1, -0.05) is 66.2 Å². The maximum absolute atomic E-state index is 6.39. The highest BCUT2D eigenvalue weighted by Gasteiger charge is 2.28. The van der Waals surface area contributed by atoms with E-state index in [1.807, 2.05) is 48.5 Å². The van der Waals surface area contributed by atoms with Crippen LogP contribution in [0, 0.1) is 6.92 Å². The molecule has 1 aliphatic heterocycles. The first-order chi connectivity index (χ1) is 15.3. The summed E-state index contributed by atoms with van der Waals surface area (Å²) in [5.74, 6) is 0.677. The molecule has 148 valence electrons. The van der Waals surface area contributed by atoms with Gasteiger partial charge in [-0.3, -0.25) is 4.90 Å². The maximum atomic E-state index is 6.39. The Morgan fingerprint density at radius 1 is 0.710 bits per heavy atom. The molecular weight excluding hydrogens is 382 g/mol. The minimum Gasteiger partial charge on any atom is -0.437 e. The van der Waals surface area contributed by atoms with Crippen molar-refractivity contribution in [2.45, 2.75) is 6.92 Å². The number of aryl methyl sites for hydroxylation is 1. The second kappa shape index (κ2) is 6.96. The Balaban J connectivity index is 1.69. The lowest BCUT2D eigenvalue weighted by atomic mass is 10.00. The summed E-state index contributed by atoms with van der Waals surface area (Å²) in [6.07, 6.45) is 0. The predicted octanol–water partition coefficient (Wildman–Crippen LogP) is 8.61. The first kappa shape index (κ1) is 17.7. The Bertz CT molecular complexity index is 1450. The zero-order chi connectivity index (χ0) is 20.8. The molecule has 0 amide bonds. The molecule has 0 bridgehead atoms. The summed E-state index contributed by atoms with van der Waals surface area (Å²) in [6.45, 7) is 2.11. The van der Waals surface area contributed by atoms with Crippen molar-refractivity contribution in [1.29, 1.82) is 0 Å². The first-order valence-corrected chi connectivity index (χ1v) is 10.3. The molecule has 0 aliphatic carbocycles. The van der Waals surface area contributed by atoms with Gasteiger partial charge in [-0.05, 0) is 48.9 Å². The van der Waals surface area contributed by atoms with E-state index in [-0.39, 0.29) is 0 Å². The summed E-state index contributed by atoms with van der Waals surface area (Å²) >= 11 is 0. The molecule has 0 saturated carbocycles. The average molecular weight is 401 g/mol. The Hall–Kier alpha value is -4.18. The van der Waals surface area contributed by atoms with E-state index in [0.717, 1.165) is 44.8 Å². The molecule has 0 atom stereocenters. The van der Waals surface area contributed by atoms with Gasteiger partial charge < -0.3 is 4.42 Å². The van der Waals surface area contributed by atoms with Crippen LogP contribution in [0.25, 0.3) is 22.1 Å². The highest BCUT2D eigenvalue weighted by atomic mass is 16.4. The van der Waals surface area contributed by atoms with Crippen molar-refractivity contribution >= 4 is 39.6 Å².